The standard InChI is InChI=1S/C80H48N4S2/c1-5-21-49(22-6-1)53-41-54(50-23-7-2-8-24-50)44-57(43-53)66-48-67(58-45-55(51-25-9-3-10-26-51)42-56(46-58)52-27-11-4-12-28-52)82-80(81-66)84-70-39-37-59(83-68-33-17-13-29-60(68)61-30-14-18-34-69(61)83)47-65(70)77-78(84)64-38-40-73-74(62-31-15-19-35-71(62)85-73)75(64)76-63-32-16-20-36-72(63)86-79(76)77/h1-48H. The molecule has 13 aromatic carbocycles. The van der Waals surface area contributed by atoms with Gasteiger partial charge in [0.15, 0.2) is 0 Å². The lowest BCUT2D eigenvalue weighted by Gasteiger charge is -2.16. The fourth-order valence-corrected chi connectivity index (χ4v) is 16.0. The third kappa shape index (κ3) is 7.67. The number of thiophene rings is 2. The van der Waals surface area contributed by atoms with E-state index >= 15 is 0 Å². The van der Waals surface area contributed by atoms with Gasteiger partial charge in [-0.25, -0.2) is 9.97 Å². The Bertz CT molecular complexity index is 5440. The average molecular weight is 1130 g/mol. The number of rotatable bonds is 8. The molecule has 6 heteroatoms. The summed E-state index contributed by atoms with van der Waals surface area (Å²) in [6.45, 7) is 0. The van der Waals surface area contributed by atoms with E-state index in [9.17, 15) is 0 Å². The molecule has 0 N–H and O–H groups in total. The van der Waals surface area contributed by atoms with E-state index in [-0.39, 0.29) is 0 Å². The second kappa shape index (κ2) is 19.4. The van der Waals surface area contributed by atoms with Crippen molar-refractivity contribution in [2.24, 2.45) is 0 Å². The minimum atomic E-state index is 0.594. The average Bonchev–Trinajstić information content (AvgIpc) is 1.55. The fourth-order valence-electron chi connectivity index (χ4n) is 13.6. The molecule has 0 aliphatic heterocycles. The van der Waals surface area contributed by atoms with Gasteiger partial charge < -0.3 is 4.57 Å². The van der Waals surface area contributed by atoms with Gasteiger partial charge in [-0.3, -0.25) is 4.57 Å². The fraction of sp³-hybridized carbons (Fsp3) is 0. The number of nitrogens with zero attached hydrogens (tertiary/aromatic N) is 4. The molecule has 0 atom stereocenters. The summed E-state index contributed by atoms with van der Waals surface area (Å²) >= 11 is 3.77. The molecule has 0 saturated heterocycles. The van der Waals surface area contributed by atoms with Gasteiger partial charge in [-0.2, -0.15) is 0 Å². The maximum absolute atomic E-state index is 5.94. The summed E-state index contributed by atoms with van der Waals surface area (Å²) in [7, 11) is 0. The van der Waals surface area contributed by atoms with E-state index in [0.717, 1.165) is 94.5 Å². The van der Waals surface area contributed by atoms with Crippen molar-refractivity contribution in [3.8, 4) is 78.7 Å². The second-order valence-corrected chi connectivity index (χ2v) is 24.5. The van der Waals surface area contributed by atoms with Crippen LogP contribution < -0.4 is 0 Å². The van der Waals surface area contributed by atoms with Gasteiger partial charge in [-0.05, 0) is 136 Å². The quantitative estimate of drug-likeness (QED) is 0.152. The lowest BCUT2D eigenvalue weighted by Crippen LogP contribution is -2.05. The predicted octanol–water partition coefficient (Wildman–Crippen LogP) is 22.6. The highest BCUT2D eigenvalue weighted by atomic mass is 32.1. The van der Waals surface area contributed by atoms with Crippen molar-refractivity contribution in [2.75, 3.05) is 0 Å². The Morgan fingerprint density at radius 2 is 0.674 bits per heavy atom. The maximum atomic E-state index is 5.94. The van der Waals surface area contributed by atoms with Crippen LogP contribution in [0.1, 0.15) is 0 Å². The van der Waals surface area contributed by atoms with Crippen LogP contribution in [0.2, 0.25) is 0 Å². The number of aromatic nitrogens is 4. The molecule has 0 aliphatic rings. The van der Waals surface area contributed by atoms with Crippen LogP contribution in [0.25, 0.3) is 173 Å². The summed E-state index contributed by atoms with van der Waals surface area (Å²) in [5.74, 6) is 0.594. The molecule has 0 fully saturated rings. The molecule has 400 valence electrons. The van der Waals surface area contributed by atoms with Crippen LogP contribution in [-0.4, -0.2) is 19.1 Å². The first-order valence-electron chi connectivity index (χ1n) is 29.2. The molecule has 86 heavy (non-hydrogen) atoms. The van der Waals surface area contributed by atoms with Crippen molar-refractivity contribution in [1.29, 1.82) is 0 Å². The van der Waals surface area contributed by atoms with E-state index in [2.05, 4.69) is 300 Å². The molecule has 0 amide bonds. The van der Waals surface area contributed by atoms with E-state index in [0.29, 0.717) is 5.95 Å². The molecule has 0 bridgehead atoms. The van der Waals surface area contributed by atoms with Gasteiger partial charge >= 0.3 is 0 Å². The first-order chi connectivity index (χ1) is 42.6. The van der Waals surface area contributed by atoms with Crippen LogP contribution in [0.15, 0.2) is 291 Å². The van der Waals surface area contributed by atoms with Crippen molar-refractivity contribution in [2.45, 2.75) is 0 Å². The van der Waals surface area contributed by atoms with Crippen LogP contribution in [0, 0.1) is 0 Å². The van der Waals surface area contributed by atoms with Gasteiger partial charge in [0.1, 0.15) is 0 Å². The third-order valence-electron chi connectivity index (χ3n) is 17.5. The summed E-state index contributed by atoms with van der Waals surface area (Å²) in [4.78, 5) is 11.9. The van der Waals surface area contributed by atoms with Gasteiger partial charge in [0, 0.05) is 89.5 Å². The lowest BCUT2D eigenvalue weighted by atomic mass is 9.93. The summed E-state index contributed by atoms with van der Waals surface area (Å²) in [6.07, 6.45) is 0. The van der Waals surface area contributed by atoms with Crippen molar-refractivity contribution in [3.05, 3.63) is 291 Å². The molecule has 0 unspecified atom stereocenters. The van der Waals surface area contributed by atoms with Gasteiger partial charge in [0.25, 0.3) is 0 Å². The SMILES string of the molecule is c1ccc(-c2cc(-c3ccccc3)cc(-c3cc(-c4cc(-c5ccccc5)cc(-c5ccccc5)c4)nc(-n4c5ccc(-n6c7ccccc7c7ccccc76)cc5c5c6sc7ccccc7c6c6c(ccc7sc8ccccc8c76)c54)n3)c2)cc1. The van der Waals surface area contributed by atoms with Crippen LogP contribution in [0.4, 0.5) is 0 Å². The van der Waals surface area contributed by atoms with E-state index in [1.165, 1.54) is 72.9 Å². The normalized spacial score (nSPS) is 12.0. The van der Waals surface area contributed by atoms with Crippen LogP contribution in [0.3, 0.4) is 0 Å². The highest BCUT2D eigenvalue weighted by molar-refractivity contribution is 7.27. The topological polar surface area (TPSA) is 35.6 Å². The van der Waals surface area contributed by atoms with E-state index in [4.69, 9.17) is 9.97 Å². The Morgan fingerprint density at radius 3 is 1.20 bits per heavy atom. The molecular weight excluding hydrogens is 1080 g/mol. The van der Waals surface area contributed by atoms with Crippen molar-refractivity contribution in [3.63, 3.8) is 0 Å². The highest BCUT2D eigenvalue weighted by Crippen LogP contribution is 2.52. The van der Waals surface area contributed by atoms with E-state index < -0.39 is 0 Å². The summed E-state index contributed by atoms with van der Waals surface area (Å²) < 4.78 is 9.92. The van der Waals surface area contributed by atoms with Gasteiger partial charge in [0.05, 0.1) is 33.5 Å². The Labute approximate surface area is 503 Å². The summed E-state index contributed by atoms with van der Waals surface area (Å²) in [5.41, 5.74) is 18.2. The maximum Gasteiger partial charge on any atom is 0.235 e. The van der Waals surface area contributed by atoms with E-state index in [1.54, 1.807) is 0 Å². The molecule has 5 aromatic heterocycles. The zero-order valence-electron chi connectivity index (χ0n) is 46.3. The van der Waals surface area contributed by atoms with Crippen LogP contribution >= 0.6 is 22.7 Å². The van der Waals surface area contributed by atoms with Gasteiger partial charge in [0.2, 0.25) is 5.95 Å². The monoisotopic (exact) mass is 1130 g/mol. The molecular formula is C80H48N4S2. The lowest BCUT2D eigenvalue weighted by molar-refractivity contribution is 0.998. The Balaban J connectivity index is 1.01. The summed E-state index contributed by atoms with van der Waals surface area (Å²) in [5, 5.41) is 12.3. The molecule has 0 saturated carbocycles. The van der Waals surface area contributed by atoms with Crippen LogP contribution in [0.5, 0.6) is 0 Å². The second-order valence-electron chi connectivity index (χ2n) is 22.4. The zero-order chi connectivity index (χ0) is 56.4. The predicted molar refractivity (Wildman–Crippen MR) is 367 cm³/mol. The van der Waals surface area contributed by atoms with Crippen molar-refractivity contribution in [1.82, 2.24) is 19.1 Å². The molecule has 0 radical (unpaired) electrons. The van der Waals surface area contributed by atoms with Crippen LogP contribution in [-0.2, 0) is 0 Å². The Hall–Kier alpha value is -10.8. The zero-order valence-corrected chi connectivity index (χ0v) is 48.0. The molecule has 18 rings (SSSR count). The Kier molecular flexibility index (Phi) is 11.0. The number of hydrogen-bond acceptors (Lipinski definition) is 4. The molecule has 0 spiro atoms. The summed E-state index contributed by atoms with van der Waals surface area (Å²) in [6, 6.07) is 106. The number of benzene rings is 13. The Morgan fingerprint density at radius 1 is 0.244 bits per heavy atom. The van der Waals surface area contributed by atoms with Gasteiger partial charge in [-0.15, -0.1) is 22.7 Å². The molecule has 0 aliphatic carbocycles. The first kappa shape index (κ1) is 48.7. The minimum absolute atomic E-state index is 0.594. The van der Waals surface area contributed by atoms with Crippen molar-refractivity contribution < 1.29 is 0 Å². The minimum Gasteiger partial charge on any atom is -0.309 e. The largest absolute Gasteiger partial charge is 0.309 e. The molecule has 4 nitrogen and oxygen atoms in total. The number of para-hydroxylation sites is 2. The number of fused-ring (bicyclic) bond motifs is 17. The first-order valence-corrected chi connectivity index (χ1v) is 30.8. The smallest absolute Gasteiger partial charge is 0.235 e. The van der Waals surface area contributed by atoms with Gasteiger partial charge in [-0.1, -0.05) is 200 Å². The highest BCUT2D eigenvalue weighted by Gasteiger charge is 2.27. The van der Waals surface area contributed by atoms with E-state index in [1.807, 2.05) is 22.7 Å². The molecule has 5 heterocycles. The number of hydrogen-bond donors (Lipinski definition) is 0. The molecule has 18 aromatic rings. The third-order valence-corrected chi connectivity index (χ3v) is 19.8. The van der Waals surface area contributed by atoms with Crippen molar-refractivity contribution >= 4 is 117 Å².